The number of halogens is 1. The summed E-state index contributed by atoms with van der Waals surface area (Å²) >= 11 is 5.84. The predicted octanol–water partition coefficient (Wildman–Crippen LogP) is 1.69. The Morgan fingerprint density at radius 1 is 1.29 bits per heavy atom. The second-order valence-electron chi connectivity index (χ2n) is 6.01. The van der Waals surface area contributed by atoms with Crippen molar-refractivity contribution in [3.05, 3.63) is 29.3 Å². The maximum absolute atomic E-state index is 12.8. The highest BCUT2D eigenvalue weighted by atomic mass is 35.5. The first-order chi connectivity index (χ1) is 11.3. The van der Waals surface area contributed by atoms with E-state index in [4.69, 9.17) is 26.8 Å². The first kappa shape index (κ1) is 18.5. The van der Waals surface area contributed by atoms with E-state index < -0.39 is 17.5 Å². The lowest BCUT2D eigenvalue weighted by Crippen LogP contribution is -2.57. The van der Waals surface area contributed by atoms with Gasteiger partial charge in [0.25, 0.3) is 5.91 Å². The molecule has 0 radical (unpaired) electrons. The molecule has 1 fully saturated rings. The molecule has 8 heteroatoms. The lowest BCUT2D eigenvalue weighted by atomic mass is 10.1. The van der Waals surface area contributed by atoms with Gasteiger partial charge in [-0.15, -0.1) is 0 Å². The topological polar surface area (TPSA) is 85.1 Å². The predicted molar refractivity (Wildman–Crippen MR) is 89.8 cm³/mol. The van der Waals surface area contributed by atoms with Crippen LogP contribution in [0, 0.1) is 0 Å². The molecule has 0 saturated carbocycles. The minimum absolute atomic E-state index is 0.116. The number of urea groups is 1. The second kappa shape index (κ2) is 7.83. The molecule has 1 aromatic carbocycles. The standard InChI is InChI=1S/C16H22ClN3O4/c1-16(2,24-13-5-3-12(17)4-6-13)14(21)20(15(18)22)11-19-7-9-23-10-8-19/h3-6H,7-11H2,1-2H3,(H2,18,22). The Morgan fingerprint density at radius 3 is 2.42 bits per heavy atom. The van der Waals surface area contributed by atoms with Crippen molar-refractivity contribution in [3.8, 4) is 5.75 Å². The van der Waals surface area contributed by atoms with E-state index in [9.17, 15) is 9.59 Å². The molecule has 132 valence electrons. The van der Waals surface area contributed by atoms with Gasteiger partial charge in [0.1, 0.15) is 5.75 Å². The largest absolute Gasteiger partial charge is 0.478 e. The summed E-state index contributed by atoms with van der Waals surface area (Å²) in [6.45, 7) is 5.70. The molecule has 0 aromatic heterocycles. The van der Waals surface area contributed by atoms with Crippen LogP contribution >= 0.6 is 11.6 Å². The highest BCUT2D eigenvalue weighted by Crippen LogP contribution is 2.22. The molecule has 24 heavy (non-hydrogen) atoms. The zero-order valence-electron chi connectivity index (χ0n) is 13.8. The molecule has 1 saturated heterocycles. The summed E-state index contributed by atoms with van der Waals surface area (Å²) in [5.41, 5.74) is 4.15. The third-order valence-corrected chi connectivity index (χ3v) is 3.91. The molecular formula is C16H22ClN3O4. The van der Waals surface area contributed by atoms with E-state index in [1.807, 2.05) is 4.90 Å². The van der Waals surface area contributed by atoms with Crippen molar-refractivity contribution < 1.29 is 19.1 Å². The number of nitrogens with zero attached hydrogens (tertiary/aromatic N) is 2. The Kier molecular flexibility index (Phi) is 6.04. The Hall–Kier alpha value is -1.83. The highest BCUT2D eigenvalue weighted by Gasteiger charge is 2.37. The Bertz CT molecular complexity index is 585. The molecule has 1 heterocycles. The Balaban J connectivity index is 2.08. The fourth-order valence-corrected chi connectivity index (χ4v) is 2.47. The summed E-state index contributed by atoms with van der Waals surface area (Å²) < 4.78 is 11.0. The molecule has 0 spiro atoms. The van der Waals surface area contributed by atoms with Gasteiger partial charge in [0.2, 0.25) is 0 Å². The number of nitrogens with two attached hydrogens (primary N) is 1. The molecule has 0 unspecified atom stereocenters. The molecule has 0 aliphatic carbocycles. The molecule has 0 bridgehead atoms. The minimum Gasteiger partial charge on any atom is -0.478 e. The van der Waals surface area contributed by atoms with E-state index in [2.05, 4.69) is 0 Å². The van der Waals surface area contributed by atoms with E-state index in [-0.39, 0.29) is 6.67 Å². The molecule has 2 rings (SSSR count). The number of imide groups is 1. The summed E-state index contributed by atoms with van der Waals surface area (Å²) in [7, 11) is 0. The van der Waals surface area contributed by atoms with Crippen molar-refractivity contribution in [1.82, 2.24) is 9.80 Å². The molecule has 1 aliphatic rings. The quantitative estimate of drug-likeness (QED) is 0.868. The second-order valence-corrected chi connectivity index (χ2v) is 6.45. The fourth-order valence-electron chi connectivity index (χ4n) is 2.34. The van der Waals surface area contributed by atoms with Crippen molar-refractivity contribution in [2.45, 2.75) is 19.4 Å². The lowest BCUT2D eigenvalue weighted by molar-refractivity contribution is -0.144. The van der Waals surface area contributed by atoms with E-state index in [1.54, 1.807) is 38.1 Å². The highest BCUT2D eigenvalue weighted by molar-refractivity contribution is 6.30. The van der Waals surface area contributed by atoms with Gasteiger partial charge in [0, 0.05) is 18.1 Å². The number of carbonyl (C=O) groups excluding carboxylic acids is 2. The first-order valence-electron chi connectivity index (χ1n) is 7.65. The summed E-state index contributed by atoms with van der Waals surface area (Å²) in [6.07, 6.45) is 0. The average molecular weight is 356 g/mol. The maximum Gasteiger partial charge on any atom is 0.322 e. The normalized spacial score (nSPS) is 15.8. The van der Waals surface area contributed by atoms with Crippen LogP contribution in [0.4, 0.5) is 4.79 Å². The number of morpholine rings is 1. The lowest BCUT2D eigenvalue weighted by Gasteiger charge is -2.34. The number of rotatable bonds is 5. The van der Waals surface area contributed by atoms with Gasteiger partial charge in [-0.05, 0) is 38.1 Å². The number of ether oxygens (including phenoxy) is 2. The molecule has 1 aliphatic heterocycles. The molecule has 7 nitrogen and oxygen atoms in total. The van der Waals surface area contributed by atoms with Gasteiger partial charge in [-0.2, -0.15) is 0 Å². The number of benzene rings is 1. The van der Waals surface area contributed by atoms with Crippen LogP contribution in [0.5, 0.6) is 5.75 Å². The first-order valence-corrected chi connectivity index (χ1v) is 8.03. The molecule has 0 atom stereocenters. The van der Waals surface area contributed by atoms with Crippen LogP contribution in [-0.2, 0) is 9.53 Å². The zero-order chi connectivity index (χ0) is 17.7. The van der Waals surface area contributed by atoms with Crippen LogP contribution < -0.4 is 10.5 Å². The SMILES string of the molecule is CC(C)(Oc1ccc(Cl)cc1)C(=O)N(CN1CCOCC1)C(N)=O. The van der Waals surface area contributed by atoms with E-state index >= 15 is 0 Å². The maximum atomic E-state index is 12.8. The molecule has 1 aromatic rings. The van der Waals surface area contributed by atoms with Crippen LogP contribution in [0.3, 0.4) is 0 Å². The van der Waals surface area contributed by atoms with Gasteiger partial charge < -0.3 is 15.2 Å². The van der Waals surface area contributed by atoms with Crippen LogP contribution in [0.2, 0.25) is 5.02 Å². The summed E-state index contributed by atoms with van der Waals surface area (Å²) in [5, 5.41) is 0.567. The van der Waals surface area contributed by atoms with Gasteiger partial charge >= 0.3 is 6.03 Å². The van der Waals surface area contributed by atoms with Crippen molar-refractivity contribution in [1.29, 1.82) is 0 Å². The zero-order valence-corrected chi connectivity index (χ0v) is 14.6. The van der Waals surface area contributed by atoms with E-state index in [1.165, 1.54) is 0 Å². The van der Waals surface area contributed by atoms with Crippen LogP contribution in [-0.4, -0.2) is 60.3 Å². The van der Waals surface area contributed by atoms with Gasteiger partial charge in [-0.3, -0.25) is 9.69 Å². The fraction of sp³-hybridized carbons (Fsp3) is 0.500. The smallest absolute Gasteiger partial charge is 0.322 e. The van der Waals surface area contributed by atoms with Gasteiger partial charge in [-0.25, -0.2) is 9.69 Å². The van der Waals surface area contributed by atoms with Crippen molar-refractivity contribution in [2.75, 3.05) is 33.0 Å². The number of carbonyl (C=O) groups is 2. The summed E-state index contributed by atoms with van der Waals surface area (Å²) in [4.78, 5) is 27.5. The third kappa shape index (κ3) is 4.83. The molecule has 2 N–H and O–H groups in total. The monoisotopic (exact) mass is 355 g/mol. The van der Waals surface area contributed by atoms with Crippen molar-refractivity contribution in [3.63, 3.8) is 0 Å². The minimum atomic E-state index is -1.25. The van der Waals surface area contributed by atoms with Gasteiger partial charge in [0.15, 0.2) is 5.60 Å². The summed E-state index contributed by atoms with van der Waals surface area (Å²) in [5.74, 6) is -0.0232. The van der Waals surface area contributed by atoms with Crippen molar-refractivity contribution >= 4 is 23.5 Å². The van der Waals surface area contributed by atoms with Crippen LogP contribution in [0.1, 0.15) is 13.8 Å². The Labute approximate surface area is 146 Å². The molecule has 3 amide bonds. The number of primary amides is 1. The number of hydrogen-bond donors (Lipinski definition) is 1. The number of amides is 3. The van der Waals surface area contributed by atoms with Crippen LogP contribution in [0.15, 0.2) is 24.3 Å². The van der Waals surface area contributed by atoms with Gasteiger partial charge in [0.05, 0.1) is 19.9 Å². The van der Waals surface area contributed by atoms with E-state index in [0.717, 1.165) is 4.90 Å². The van der Waals surface area contributed by atoms with Gasteiger partial charge in [-0.1, -0.05) is 11.6 Å². The Morgan fingerprint density at radius 2 is 1.88 bits per heavy atom. The number of hydrogen-bond acceptors (Lipinski definition) is 5. The third-order valence-electron chi connectivity index (χ3n) is 3.66. The van der Waals surface area contributed by atoms with E-state index in [0.29, 0.717) is 37.1 Å². The summed E-state index contributed by atoms with van der Waals surface area (Å²) in [6, 6.07) is 5.84. The van der Waals surface area contributed by atoms with Crippen molar-refractivity contribution in [2.24, 2.45) is 5.73 Å². The average Bonchev–Trinajstić information content (AvgIpc) is 2.54. The molecular weight excluding hydrogens is 334 g/mol. The van der Waals surface area contributed by atoms with Crippen LogP contribution in [0.25, 0.3) is 0 Å².